The van der Waals surface area contributed by atoms with Crippen LogP contribution in [0, 0.1) is 19.8 Å². The number of nitrogens with zero attached hydrogens (tertiary/aromatic N) is 5. The van der Waals surface area contributed by atoms with Gasteiger partial charge in [0, 0.05) is 47.7 Å². The zero-order valence-electron chi connectivity index (χ0n) is 24.3. The van der Waals surface area contributed by atoms with Gasteiger partial charge in [0.05, 0.1) is 16.4 Å². The maximum absolute atomic E-state index is 13.4. The summed E-state index contributed by atoms with van der Waals surface area (Å²) in [6.45, 7) is 6.79. The van der Waals surface area contributed by atoms with Crippen LogP contribution in [0.3, 0.4) is 0 Å². The number of para-hydroxylation sites is 1. The molecule has 0 bridgehead atoms. The molecule has 1 fully saturated rings. The number of fused-ring (bicyclic) bond motifs is 2. The normalized spacial score (nSPS) is 15.6. The highest BCUT2D eigenvalue weighted by molar-refractivity contribution is 7.22. The van der Waals surface area contributed by atoms with Gasteiger partial charge in [0.1, 0.15) is 5.82 Å². The average molecular weight is 577 g/mol. The van der Waals surface area contributed by atoms with Crippen LogP contribution in [-0.4, -0.2) is 32.2 Å². The Bertz CT molecular complexity index is 1730. The van der Waals surface area contributed by atoms with Crippen LogP contribution in [0.4, 0.5) is 10.9 Å². The van der Waals surface area contributed by atoms with Gasteiger partial charge in [-0.05, 0) is 80.5 Å². The zero-order chi connectivity index (χ0) is 28.6. The third-order valence-corrected chi connectivity index (χ3v) is 9.93. The third-order valence-electron chi connectivity index (χ3n) is 8.98. The Balaban J connectivity index is 1.09. The van der Waals surface area contributed by atoms with E-state index in [0.29, 0.717) is 17.2 Å². The lowest BCUT2D eigenvalue weighted by Crippen LogP contribution is -2.33. The van der Waals surface area contributed by atoms with E-state index in [0.717, 1.165) is 58.3 Å². The fourth-order valence-corrected chi connectivity index (χ4v) is 7.46. The number of hydrogen-bond donors (Lipinski definition) is 1. The number of pyridine rings is 1. The molecular weight excluding hydrogens is 540 g/mol. The zero-order valence-corrected chi connectivity index (χ0v) is 25.1. The molecule has 7 nitrogen and oxygen atoms in total. The van der Waals surface area contributed by atoms with Crippen molar-refractivity contribution in [2.45, 2.75) is 65.5 Å². The molecule has 0 saturated heterocycles. The molecule has 1 aliphatic carbocycles. The van der Waals surface area contributed by atoms with E-state index in [9.17, 15) is 4.79 Å². The number of aromatic nitrogens is 4. The summed E-state index contributed by atoms with van der Waals surface area (Å²) >= 11 is 1.50. The maximum Gasteiger partial charge on any atom is 0.257 e. The number of rotatable bonds is 6. The SMILES string of the molecule is Cc1nc(N2CCc3cccc(C(=O)Nc4nc5ccccc5s4)c3C2)ccc1-c1cnn(CC2CCCCC2)c1C. The van der Waals surface area contributed by atoms with E-state index >= 15 is 0 Å². The molecule has 5 aromatic rings. The first kappa shape index (κ1) is 26.8. The molecule has 7 rings (SSSR count). The van der Waals surface area contributed by atoms with Gasteiger partial charge in [0.2, 0.25) is 0 Å². The number of nitrogens with one attached hydrogen (secondary N) is 1. The molecule has 214 valence electrons. The van der Waals surface area contributed by atoms with Crippen LogP contribution in [-0.2, 0) is 19.5 Å². The predicted octanol–water partition coefficient (Wildman–Crippen LogP) is 7.57. The molecule has 4 heterocycles. The topological polar surface area (TPSA) is 75.9 Å². The van der Waals surface area contributed by atoms with Crippen LogP contribution >= 0.6 is 11.3 Å². The van der Waals surface area contributed by atoms with Gasteiger partial charge in [0.15, 0.2) is 5.13 Å². The first-order valence-electron chi connectivity index (χ1n) is 15.1. The number of carbonyl (C=O) groups excluding carboxylic acids is 1. The quantitative estimate of drug-likeness (QED) is 0.226. The van der Waals surface area contributed by atoms with E-state index in [2.05, 4.69) is 51.9 Å². The second-order valence-corrected chi connectivity index (χ2v) is 12.7. The third kappa shape index (κ3) is 5.20. The Morgan fingerprint density at radius 1 is 0.976 bits per heavy atom. The maximum atomic E-state index is 13.4. The van der Waals surface area contributed by atoms with Crippen LogP contribution in [0.1, 0.15) is 65.0 Å². The number of benzene rings is 2. The summed E-state index contributed by atoms with van der Waals surface area (Å²) in [6, 6.07) is 18.3. The summed E-state index contributed by atoms with van der Waals surface area (Å²) in [5.74, 6) is 1.56. The minimum atomic E-state index is -0.118. The molecule has 42 heavy (non-hydrogen) atoms. The monoisotopic (exact) mass is 576 g/mol. The van der Waals surface area contributed by atoms with Crippen molar-refractivity contribution in [1.82, 2.24) is 19.7 Å². The van der Waals surface area contributed by atoms with E-state index in [4.69, 9.17) is 10.1 Å². The van der Waals surface area contributed by atoms with Gasteiger partial charge in [-0.1, -0.05) is 54.9 Å². The van der Waals surface area contributed by atoms with E-state index in [1.807, 2.05) is 42.6 Å². The lowest BCUT2D eigenvalue weighted by atomic mass is 9.89. The number of hydrogen-bond acceptors (Lipinski definition) is 6. The van der Waals surface area contributed by atoms with E-state index < -0.39 is 0 Å². The van der Waals surface area contributed by atoms with Crippen molar-refractivity contribution >= 4 is 38.4 Å². The molecule has 1 amide bonds. The highest BCUT2D eigenvalue weighted by Gasteiger charge is 2.24. The summed E-state index contributed by atoms with van der Waals surface area (Å²) in [7, 11) is 0. The minimum Gasteiger partial charge on any atom is -0.352 e. The largest absolute Gasteiger partial charge is 0.352 e. The second-order valence-electron chi connectivity index (χ2n) is 11.7. The molecular formula is C34H36N6OS. The minimum absolute atomic E-state index is 0.118. The molecule has 0 radical (unpaired) electrons. The highest BCUT2D eigenvalue weighted by Crippen LogP contribution is 2.33. The smallest absolute Gasteiger partial charge is 0.257 e. The van der Waals surface area contributed by atoms with E-state index in [-0.39, 0.29) is 5.91 Å². The van der Waals surface area contributed by atoms with E-state index in [1.165, 1.54) is 60.3 Å². The summed E-state index contributed by atoms with van der Waals surface area (Å²) in [4.78, 5) is 25.4. The number of carbonyl (C=O) groups is 1. The molecule has 0 unspecified atom stereocenters. The molecule has 2 aromatic carbocycles. The van der Waals surface area contributed by atoms with Crippen molar-refractivity contribution in [2.24, 2.45) is 5.92 Å². The van der Waals surface area contributed by atoms with Gasteiger partial charge < -0.3 is 4.90 Å². The lowest BCUT2D eigenvalue weighted by molar-refractivity contribution is 0.102. The summed E-state index contributed by atoms with van der Waals surface area (Å²) in [5.41, 5.74) is 8.40. The molecule has 0 spiro atoms. The van der Waals surface area contributed by atoms with Crippen molar-refractivity contribution < 1.29 is 4.79 Å². The lowest BCUT2D eigenvalue weighted by Gasteiger charge is -2.31. The van der Waals surface area contributed by atoms with Crippen LogP contribution < -0.4 is 10.2 Å². The number of amides is 1. The van der Waals surface area contributed by atoms with Gasteiger partial charge in [-0.3, -0.25) is 14.8 Å². The van der Waals surface area contributed by atoms with Crippen molar-refractivity contribution in [3.8, 4) is 11.1 Å². The molecule has 2 aliphatic rings. The Kier molecular flexibility index (Phi) is 7.24. The highest BCUT2D eigenvalue weighted by atomic mass is 32.1. The van der Waals surface area contributed by atoms with E-state index in [1.54, 1.807) is 0 Å². The van der Waals surface area contributed by atoms with Gasteiger partial charge in [0.25, 0.3) is 5.91 Å². The summed E-state index contributed by atoms with van der Waals surface area (Å²) in [5, 5.41) is 8.44. The van der Waals surface area contributed by atoms with Crippen LogP contribution in [0.5, 0.6) is 0 Å². The summed E-state index contributed by atoms with van der Waals surface area (Å²) < 4.78 is 3.26. The fraction of sp³-hybridized carbons (Fsp3) is 0.353. The second kappa shape index (κ2) is 11.3. The van der Waals surface area contributed by atoms with Crippen LogP contribution in [0.2, 0.25) is 0 Å². The Labute approximate surface area is 250 Å². The first-order chi connectivity index (χ1) is 20.5. The number of aryl methyl sites for hydroxylation is 1. The molecule has 0 atom stereocenters. The van der Waals surface area contributed by atoms with Gasteiger partial charge >= 0.3 is 0 Å². The predicted molar refractivity (Wildman–Crippen MR) is 170 cm³/mol. The Hall–Kier alpha value is -4.04. The van der Waals surface area contributed by atoms with Gasteiger partial charge in [-0.25, -0.2) is 9.97 Å². The van der Waals surface area contributed by atoms with Crippen molar-refractivity contribution in [1.29, 1.82) is 0 Å². The first-order valence-corrected chi connectivity index (χ1v) is 15.9. The molecule has 8 heteroatoms. The fourth-order valence-electron chi connectivity index (χ4n) is 6.60. The molecule has 1 saturated carbocycles. The van der Waals surface area contributed by atoms with Gasteiger partial charge in [-0.2, -0.15) is 5.10 Å². The van der Waals surface area contributed by atoms with Crippen molar-refractivity contribution in [3.63, 3.8) is 0 Å². The molecule has 1 N–H and O–H groups in total. The number of anilines is 2. The van der Waals surface area contributed by atoms with Crippen LogP contribution in [0.15, 0.2) is 60.8 Å². The van der Waals surface area contributed by atoms with Crippen LogP contribution in [0.25, 0.3) is 21.3 Å². The van der Waals surface area contributed by atoms with Crippen molar-refractivity contribution in [3.05, 3.63) is 88.9 Å². The van der Waals surface area contributed by atoms with Crippen molar-refractivity contribution in [2.75, 3.05) is 16.8 Å². The Morgan fingerprint density at radius 2 is 1.83 bits per heavy atom. The summed E-state index contributed by atoms with van der Waals surface area (Å²) in [6.07, 6.45) is 9.57. The molecule has 1 aliphatic heterocycles. The standard InChI is InChI=1S/C34H36N6OS/c1-22-26(28-19-35-40(23(28)2)20-24-9-4-3-5-10-24)15-16-32(36-22)39-18-17-25-11-8-12-27(29(25)21-39)33(41)38-34-37-30-13-6-7-14-31(30)42-34/h6-8,11-16,19,24H,3-5,9-10,17-18,20-21H2,1-2H3,(H,37,38,41). The Morgan fingerprint density at radius 3 is 2.67 bits per heavy atom. The average Bonchev–Trinajstić information content (AvgIpc) is 3.59. The number of thiazole rings is 1. The molecule has 3 aromatic heterocycles. The van der Waals surface area contributed by atoms with Gasteiger partial charge in [-0.15, -0.1) is 0 Å².